The molecule has 0 aliphatic carbocycles. The minimum atomic E-state index is -3.65. The second kappa shape index (κ2) is 6.43. The summed E-state index contributed by atoms with van der Waals surface area (Å²) in [5.41, 5.74) is 7.59. The van der Waals surface area contributed by atoms with Crippen molar-refractivity contribution in [3.05, 3.63) is 52.8 Å². The van der Waals surface area contributed by atoms with Crippen molar-refractivity contribution in [3.63, 3.8) is 0 Å². The molecule has 3 N–H and O–H groups in total. The van der Waals surface area contributed by atoms with E-state index in [0.29, 0.717) is 10.7 Å². The molecule has 0 aliphatic rings. The number of hydrogen-bond acceptors (Lipinski definition) is 4. The lowest BCUT2D eigenvalue weighted by atomic mass is 10.1. The van der Waals surface area contributed by atoms with Crippen molar-refractivity contribution >= 4 is 27.3 Å². The topological polar surface area (TPSA) is 85.1 Å². The van der Waals surface area contributed by atoms with E-state index in [4.69, 9.17) is 17.3 Å². The monoisotopic (exact) mass is 325 g/mol. The van der Waals surface area contributed by atoms with Crippen LogP contribution in [0.15, 0.2) is 41.4 Å². The second-order valence-electron chi connectivity index (χ2n) is 4.47. The molecule has 5 nitrogen and oxygen atoms in total. The van der Waals surface area contributed by atoms with E-state index >= 15 is 0 Å². The van der Waals surface area contributed by atoms with Gasteiger partial charge in [0.1, 0.15) is 0 Å². The smallest absolute Gasteiger partial charge is 0.240 e. The molecule has 0 saturated carbocycles. The molecule has 2 rings (SSSR count). The third-order valence-electron chi connectivity index (χ3n) is 3.07. The number of nitrogens with two attached hydrogens (primary N) is 1. The van der Waals surface area contributed by atoms with Crippen LogP contribution in [0.2, 0.25) is 5.02 Å². The summed E-state index contributed by atoms with van der Waals surface area (Å²) < 4.78 is 27.0. The zero-order chi connectivity index (χ0) is 15.5. The summed E-state index contributed by atoms with van der Waals surface area (Å²) in [6.45, 7) is 2.13. The number of nitrogens with zero attached hydrogens (tertiary/aromatic N) is 1. The average Bonchev–Trinajstić information content (AvgIpc) is 2.48. The number of halogens is 1. The Balaban J connectivity index is 2.20. The Hall–Kier alpha value is -1.63. The van der Waals surface area contributed by atoms with Gasteiger partial charge in [-0.3, -0.25) is 4.98 Å². The van der Waals surface area contributed by atoms with Gasteiger partial charge >= 0.3 is 0 Å². The van der Waals surface area contributed by atoms with Crippen LogP contribution in [-0.4, -0.2) is 13.4 Å². The minimum absolute atomic E-state index is 0.0818. The fourth-order valence-corrected chi connectivity index (χ4v) is 3.03. The highest BCUT2D eigenvalue weighted by Gasteiger charge is 2.16. The highest BCUT2D eigenvalue weighted by atomic mass is 35.5. The third kappa shape index (κ3) is 3.72. The van der Waals surface area contributed by atoms with E-state index in [-0.39, 0.29) is 17.1 Å². The molecule has 0 aliphatic heterocycles. The fraction of sp³-hybridized carbons (Fsp3) is 0.214. The summed E-state index contributed by atoms with van der Waals surface area (Å²) >= 11 is 5.79. The summed E-state index contributed by atoms with van der Waals surface area (Å²) in [5.74, 6) is 0. The van der Waals surface area contributed by atoms with Crippen LogP contribution >= 0.6 is 11.6 Å². The van der Waals surface area contributed by atoms with Crippen LogP contribution in [0.25, 0.3) is 0 Å². The van der Waals surface area contributed by atoms with Crippen LogP contribution in [-0.2, 0) is 23.0 Å². The molecule has 21 heavy (non-hydrogen) atoms. The van der Waals surface area contributed by atoms with Crippen molar-refractivity contribution in [2.45, 2.75) is 24.8 Å². The molecule has 0 saturated heterocycles. The van der Waals surface area contributed by atoms with E-state index in [2.05, 4.69) is 9.71 Å². The largest absolute Gasteiger partial charge is 0.397 e. The molecule has 0 fully saturated rings. The molecule has 1 heterocycles. The fourth-order valence-electron chi connectivity index (χ4n) is 1.89. The van der Waals surface area contributed by atoms with Gasteiger partial charge in [-0.15, -0.1) is 0 Å². The SMILES string of the molecule is CCc1cccnc1CNS(=O)(=O)c1ccc(Cl)c(N)c1. The molecular weight excluding hydrogens is 310 g/mol. The molecule has 1 aromatic heterocycles. The van der Waals surface area contributed by atoms with Crippen LogP contribution in [0.4, 0.5) is 5.69 Å². The predicted octanol–water partition coefficient (Wildman–Crippen LogP) is 2.36. The number of nitrogen functional groups attached to an aromatic ring is 1. The maximum absolute atomic E-state index is 12.2. The Morgan fingerprint density at radius 1 is 1.33 bits per heavy atom. The maximum Gasteiger partial charge on any atom is 0.240 e. The Morgan fingerprint density at radius 3 is 2.76 bits per heavy atom. The molecule has 0 bridgehead atoms. The molecule has 7 heteroatoms. The van der Waals surface area contributed by atoms with E-state index in [1.807, 2.05) is 19.1 Å². The summed E-state index contributed by atoms with van der Waals surface area (Å²) in [7, 11) is -3.65. The third-order valence-corrected chi connectivity index (χ3v) is 4.82. The van der Waals surface area contributed by atoms with Gasteiger partial charge in [0.25, 0.3) is 0 Å². The van der Waals surface area contributed by atoms with Crippen molar-refractivity contribution < 1.29 is 8.42 Å². The lowest BCUT2D eigenvalue weighted by molar-refractivity contribution is 0.580. The van der Waals surface area contributed by atoms with E-state index in [1.165, 1.54) is 18.2 Å². The van der Waals surface area contributed by atoms with Crippen LogP contribution < -0.4 is 10.5 Å². The van der Waals surface area contributed by atoms with Crippen molar-refractivity contribution in [2.24, 2.45) is 0 Å². The van der Waals surface area contributed by atoms with Crippen LogP contribution in [0.5, 0.6) is 0 Å². The normalized spacial score (nSPS) is 11.5. The van der Waals surface area contributed by atoms with Crippen molar-refractivity contribution in [1.82, 2.24) is 9.71 Å². The lowest BCUT2D eigenvalue weighted by Gasteiger charge is -2.10. The average molecular weight is 326 g/mol. The van der Waals surface area contributed by atoms with Gasteiger partial charge in [0.2, 0.25) is 10.0 Å². The first-order valence-electron chi connectivity index (χ1n) is 6.41. The molecule has 2 aromatic rings. The number of aromatic nitrogens is 1. The Labute approximate surface area is 129 Å². The first-order valence-corrected chi connectivity index (χ1v) is 8.27. The van der Waals surface area contributed by atoms with Gasteiger partial charge in [-0.1, -0.05) is 24.6 Å². The molecule has 0 amide bonds. The molecule has 112 valence electrons. The number of hydrogen-bond donors (Lipinski definition) is 2. The van der Waals surface area contributed by atoms with Gasteiger partial charge in [-0.05, 0) is 36.2 Å². The molecule has 0 radical (unpaired) electrons. The van der Waals surface area contributed by atoms with Crippen LogP contribution in [0.1, 0.15) is 18.2 Å². The minimum Gasteiger partial charge on any atom is -0.397 e. The number of pyridine rings is 1. The summed E-state index contributed by atoms with van der Waals surface area (Å²) in [6.07, 6.45) is 2.43. The first-order chi connectivity index (χ1) is 9.94. The van der Waals surface area contributed by atoms with E-state index in [1.54, 1.807) is 6.20 Å². The molecule has 0 spiro atoms. The van der Waals surface area contributed by atoms with Gasteiger partial charge < -0.3 is 5.73 Å². The molecule has 0 unspecified atom stereocenters. The number of rotatable bonds is 5. The lowest BCUT2D eigenvalue weighted by Crippen LogP contribution is -2.24. The van der Waals surface area contributed by atoms with E-state index < -0.39 is 10.0 Å². The molecule has 1 aromatic carbocycles. The van der Waals surface area contributed by atoms with E-state index in [9.17, 15) is 8.42 Å². The number of aryl methyl sites for hydroxylation is 1. The van der Waals surface area contributed by atoms with Crippen LogP contribution in [0, 0.1) is 0 Å². The zero-order valence-corrected chi connectivity index (χ0v) is 13.1. The van der Waals surface area contributed by atoms with Gasteiger partial charge in [-0.2, -0.15) is 0 Å². The number of sulfonamides is 1. The zero-order valence-electron chi connectivity index (χ0n) is 11.5. The van der Waals surface area contributed by atoms with Crippen molar-refractivity contribution in [3.8, 4) is 0 Å². The second-order valence-corrected chi connectivity index (χ2v) is 6.64. The Morgan fingerprint density at radius 2 is 2.10 bits per heavy atom. The summed E-state index contributed by atoms with van der Waals surface area (Å²) in [5, 5.41) is 0.326. The highest BCUT2D eigenvalue weighted by molar-refractivity contribution is 7.89. The Bertz CT molecular complexity index is 748. The summed E-state index contributed by atoms with van der Waals surface area (Å²) in [4.78, 5) is 4.29. The first kappa shape index (κ1) is 15.8. The maximum atomic E-state index is 12.2. The molecule has 0 atom stereocenters. The quantitative estimate of drug-likeness (QED) is 0.826. The van der Waals surface area contributed by atoms with Crippen molar-refractivity contribution in [1.29, 1.82) is 0 Å². The Kier molecular flexibility index (Phi) is 4.82. The standard InChI is InChI=1S/C14H16ClN3O2S/c1-2-10-4-3-7-17-14(10)9-18-21(19,20)11-5-6-12(15)13(16)8-11/h3-8,18H,2,9,16H2,1H3. The molecular formula is C14H16ClN3O2S. The number of nitrogens with one attached hydrogen (secondary N) is 1. The number of anilines is 1. The van der Waals surface area contributed by atoms with Gasteiger partial charge in [0.05, 0.1) is 27.8 Å². The van der Waals surface area contributed by atoms with Gasteiger partial charge in [0.15, 0.2) is 0 Å². The van der Waals surface area contributed by atoms with Crippen molar-refractivity contribution in [2.75, 3.05) is 5.73 Å². The summed E-state index contributed by atoms with van der Waals surface area (Å²) in [6, 6.07) is 7.97. The predicted molar refractivity (Wildman–Crippen MR) is 83.5 cm³/mol. The van der Waals surface area contributed by atoms with E-state index in [0.717, 1.165) is 12.0 Å². The number of benzene rings is 1. The van der Waals surface area contributed by atoms with Gasteiger partial charge in [0, 0.05) is 6.20 Å². The van der Waals surface area contributed by atoms with Gasteiger partial charge in [-0.25, -0.2) is 13.1 Å². The van der Waals surface area contributed by atoms with Crippen LogP contribution in [0.3, 0.4) is 0 Å². The highest BCUT2D eigenvalue weighted by Crippen LogP contribution is 2.22.